The summed E-state index contributed by atoms with van der Waals surface area (Å²) in [6.07, 6.45) is 2.48. The van der Waals surface area contributed by atoms with Crippen LogP contribution >= 0.6 is 0 Å². The van der Waals surface area contributed by atoms with Gasteiger partial charge in [-0.3, -0.25) is 4.79 Å². The first kappa shape index (κ1) is 11.9. The highest BCUT2D eigenvalue weighted by molar-refractivity contribution is 7.87. The van der Waals surface area contributed by atoms with Crippen molar-refractivity contribution in [3.63, 3.8) is 0 Å². The lowest BCUT2D eigenvalue weighted by Crippen LogP contribution is -2.27. The molecule has 1 saturated heterocycles. The second kappa shape index (κ2) is 4.02. The van der Waals surface area contributed by atoms with Crippen LogP contribution in [0.15, 0.2) is 12.4 Å². The van der Waals surface area contributed by atoms with Gasteiger partial charge in [-0.15, -0.1) is 3.89 Å². The smallest absolute Gasteiger partial charge is 0.307 e. The van der Waals surface area contributed by atoms with Crippen molar-refractivity contribution in [2.24, 2.45) is 0 Å². The molecule has 0 radical (unpaired) electrons. The molecule has 0 saturated carbocycles. The Morgan fingerprint density at radius 1 is 1.41 bits per heavy atom. The van der Waals surface area contributed by atoms with Crippen LogP contribution in [0.4, 0.5) is 9.57 Å². The minimum atomic E-state index is -4.69. The van der Waals surface area contributed by atoms with E-state index in [1.54, 1.807) is 6.92 Å². The minimum Gasteiger partial charge on any atom is -0.308 e. The van der Waals surface area contributed by atoms with Crippen molar-refractivity contribution in [2.75, 3.05) is 11.4 Å². The van der Waals surface area contributed by atoms with Crippen molar-refractivity contribution in [3.05, 3.63) is 18.2 Å². The first-order valence-corrected chi connectivity index (χ1v) is 6.35. The van der Waals surface area contributed by atoms with Gasteiger partial charge in [-0.1, -0.05) is 0 Å². The van der Waals surface area contributed by atoms with Crippen molar-refractivity contribution in [2.45, 2.75) is 18.6 Å². The predicted molar refractivity (Wildman–Crippen MR) is 57.6 cm³/mol. The van der Waals surface area contributed by atoms with Gasteiger partial charge in [-0.2, -0.15) is 8.42 Å². The summed E-state index contributed by atoms with van der Waals surface area (Å²) in [6, 6.07) is 0. The van der Waals surface area contributed by atoms with Gasteiger partial charge < -0.3 is 4.90 Å². The lowest BCUT2D eigenvalue weighted by Gasteiger charge is -2.14. The number of aryl methyl sites for hydroxylation is 1. The summed E-state index contributed by atoms with van der Waals surface area (Å²) in [7, 11) is -4.69. The maximum atomic E-state index is 12.8. The Balaban J connectivity index is 2.24. The Morgan fingerprint density at radius 2 is 2.00 bits per heavy atom. The number of amides is 1. The molecule has 92 valence electrons. The van der Waals surface area contributed by atoms with E-state index in [1.807, 2.05) is 0 Å². The van der Waals surface area contributed by atoms with E-state index in [0.717, 1.165) is 0 Å². The third-order valence-corrected chi connectivity index (χ3v) is 3.68. The van der Waals surface area contributed by atoms with Gasteiger partial charge >= 0.3 is 10.2 Å². The predicted octanol–water partition coefficient (Wildman–Crippen LogP) is 0.190. The summed E-state index contributed by atoms with van der Waals surface area (Å²) in [5, 5.41) is -1.30. The molecule has 1 aromatic heterocycles. The summed E-state index contributed by atoms with van der Waals surface area (Å²) in [4.78, 5) is 20.5. The summed E-state index contributed by atoms with van der Waals surface area (Å²) in [5.41, 5.74) is 0.381. The van der Waals surface area contributed by atoms with Crippen molar-refractivity contribution >= 4 is 21.8 Å². The molecule has 1 atom stereocenters. The van der Waals surface area contributed by atoms with E-state index in [9.17, 15) is 17.1 Å². The lowest BCUT2D eigenvalue weighted by atomic mass is 10.4. The van der Waals surface area contributed by atoms with E-state index in [-0.39, 0.29) is 13.0 Å². The Bertz CT molecular complexity index is 543. The van der Waals surface area contributed by atoms with Crippen molar-refractivity contribution in [1.82, 2.24) is 9.97 Å². The molecule has 1 aliphatic heterocycles. The molecule has 1 amide bonds. The fraction of sp³-hybridized carbons (Fsp3) is 0.444. The number of nitrogens with zero attached hydrogens (tertiary/aromatic N) is 3. The largest absolute Gasteiger partial charge is 0.308 e. The molecule has 0 N–H and O–H groups in total. The van der Waals surface area contributed by atoms with Crippen molar-refractivity contribution < 1.29 is 17.1 Å². The standard InChI is InChI=1S/C9H10FN3O3S/c1-6-11-3-7(4-12-6)13-5-8(2-9(13)14)17(10,15)16/h3-4,8H,2,5H2,1H3. The fourth-order valence-corrected chi connectivity index (χ4v) is 2.31. The molecule has 0 spiro atoms. The normalized spacial score (nSPS) is 20.9. The third-order valence-electron chi connectivity index (χ3n) is 2.57. The maximum Gasteiger partial charge on any atom is 0.307 e. The summed E-state index contributed by atoms with van der Waals surface area (Å²) in [6.45, 7) is 1.49. The number of aromatic nitrogens is 2. The van der Waals surface area contributed by atoms with E-state index in [2.05, 4.69) is 9.97 Å². The number of rotatable bonds is 2. The van der Waals surface area contributed by atoms with Gasteiger partial charge in [0.25, 0.3) is 0 Å². The van der Waals surface area contributed by atoms with Crippen LogP contribution < -0.4 is 4.90 Å². The van der Waals surface area contributed by atoms with Crippen LogP contribution in [0.3, 0.4) is 0 Å². The average molecular weight is 259 g/mol. The Hall–Kier alpha value is -1.57. The van der Waals surface area contributed by atoms with Crippen molar-refractivity contribution in [3.8, 4) is 0 Å². The molecule has 2 rings (SSSR count). The van der Waals surface area contributed by atoms with Crippen LogP contribution in [0.5, 0.6) is 0 Å². The van der Waals surface area contributed by atoms with Gasteiger partial charge in [0.05, 0.1) is 18.1 Å². The number of hydrogen-bond acceptors (Lipinski definition) is 5. The molecule has 2 heterocycles. The highest BCUT2D eigenvalue weighted by atomic mass is 32.3. The maximum absolute atomic E-state index is 12.8. The lowest BCUT2D eigenvalue weighted by molar-refractivity contribution is -0.117. The fourth-order valence-electron chi connectivity index (χ4n) is 1.64. The number of anilines is 1. The number of carbonyl (C=O) groups is 1. The topological polar surface area (TPSA) is 80.2 Å². The Morgan fingerprint density at radius 3 is 2.47 bits per heavy atom. The molecule has 1 fully saturated rings. The van der Waals surface area contributed by atoms with E-state index in [4.69, 9.17) is 0 Å². The monoisotopic (exact) mass is 259 g/mol. The Labute approximate surface area is 97.7 Å². The zero-order valence-electron chi connectivity index (χ0n) is 9.00. The third kappa shape index (κ3) is 2.41. The molecule has 17 heavy (non-hydrogen) atoms. The molecule has 0 aromatic carbocycles. The second-order valence-corrected chi connectivity index (χ2v) is 5.41. The van der Waals surface area contributed by atoms with Crippen LogP contribution in [0.2, 0.25) is 0 Å². The first-order valence-electron chi connectivity index (χ1n) is 4.90. The summed E-state index contributed by atoms with van der Waals surface area (Å²) in [5.74, 6) is 0.0961. The highest BCUT2D eigenvalue weighted by Crippen LogP contribution is 2.24. The molecule has 1 unspecified atom stereocenters. The molecule has 1 aromatic rings. The molecule has 1 aliphatic rings. The molecular weight excluding hydrogens is 249 g/mol. The second-order valence-electron chi connectivity index (χ2n) is 3.79. The summed E-state index contributed by atoms with van der Waals surface area (Å²) < 4.78 is 34.2. The van der Waals surface area contributed by atoms with Gasteiger partial charge in [0.2, 0.25) is 5.91 Å². The SMILES string of the molecule is Cc1ncc(N2CC(S(=O)(=O)F)CC2=O)cn1. The van der Waals surface area contributed by atoms with Crippen molar-refractivity contribution in [1.29, 1.82) is 0 Å². The first-order chi connectivity index (χ1) is 7.88. The van der Waals surface area contributed by atoms with Gasteiger partial charge in [0, 0.05) is 13.0 Å². The average Bonchev–Trinajstić information content (AvgIpc) is 2.61. The van der Waals surface area contributed by atoms with Gasteiger partial charge in [0.15, 0.2) is 0 Å². The Kier molecular flexibility index (Phi) is 2.82. The van der Waals surface area contributed by atoms with E-state index in [1.165, 1.54) is 17.3 Å². The molecule has 8 heteroatoms. The number of halogens is 1. The molecule has 0 aliphatic carbocycles. The number of carbonyl (C=O) groups excluding carboxylic acids is 1. The van der Waals surface area contributed by atoms with Crippen LogP contribution in [-0.4, -0.2) is 36.1 Å². The number of hydrogen-bond donors (Lipinski definition) is 0. The molecular formula is C9H10FN3O3S. The van der Waals surface area contributed by atoms with Gasteiger partial charge in [-0.25, -0.2) is 9.97 Å². The zero-order valence-corrected chi connectivity index (χ0v) is 9.82. The van der Waals surface area contributed by atoms with Crippen LogP contribution in [0.1, 0.15) is 12.2 Å². The molecule has 0 bridgehead atoms. The highest BCUT2D eigenvalue weighted by Gasteiger charge is 2.39. The molecule has 6 nitrogen and oxygen atoms in total. The van der Waals surface area contributed by atoms with Crippen LogP contribution in [0.25, 0.3) is 0 Å². The van der Waals surface area contributed by atoms with Gasteiger partial charge in [0.1, 0.15) is 11.1 Å². The minimum absolute atomic E-state index is 0.190. The summed E-state index contributed by atoms with van der Waals surface area (Å²) >= 11 is 0. The van der Waals surface area contributed by atoms with E-state index >= 15 is 0 Å². The quantitative estimate of drug-likeness (QED) is 0.708. The zero-order chi connectivity index (χ0) is 12.6. The van der Waals surface area contributed by atoms with Gasteiger partial charge in [-0.05, 0) is 6.92 Å². The van der Waals surface area contributed by atoms with Crippen LogP contribution in [-0.2, 0) is 15.0 Å². The van der Waals surface area contributed by atoms with E-state index < -0.39 is 21.4 Å². The van der Waals surface area contributed by atoms with E-state index in [0.29, 0.717) is 11.5 Å². The van der Waals surface area contributed by atoms with Crippen LogP contribution in [0, 0.1) is 6.92 Å².